The molecule has 0 saturated carbocycles. The third-order valence-electron chi connectivity index (χ3n) is 5.36. The summed E-state index contributed by atoms with van der Waals surface area (Å²) in [4.78, 5) is 41.8. The highest BCUT2D eigenvalue weighted by Gasteiger charge is 2.26. The normalized spacial score (nSPS) is 16.4. The number of nitrogens with zero attached hydrogens (tertiary/aromatic N) is 1. The zero-order valence-electron chi connectivity index (χ0n) is 17.8. The van der Waals surface area contributed by atoms with Crippen molar-refractivity contribution in [3.8, 4) is 0 Å². The fourth-order valence-corrected chi connectivity index (χ4v) is 3.75. The van der Waals surface area contributed by atoms with Crippen molar-refractivity contribution in [2.75, 3.05) is 13.2 Å². The number of aromatic nitrogens is 1. The van der Waals surface area contributed by atoms with E-state index in [4.69, 9.17) is 9.72 Å². The van der Waals surface area contributed by atoms with E-state index < -0.39 is 24.5 Å². The van der Waals surface area contributed by atoms with Crippen molar-refractivity contribution in [1.29, 1.82) is 0 Å². The van der Waals surface area contributed by atoms with Crippen LogP contribution in [0.25, 0.3) is 10.9 Å². The number of fused-ring (bicyclic) bond motifs is 2. The SMILES string of the molecule is CCCNC(=O)[C@H](C)NC(=O)COC(=O)c1c2c(nc3ccccc13)CC[C@@H](C)C2. The number of hydrogen-bond acceptors (Lipinski definition) is 5. The van der Waals surface area contributed by atoms with Crippen LogP contribution in [0, 0.1) is 5.92 Å². The van der Waals surface area contributed by atoms with Gasteiger partial charge in [-0.3, -0.25) is 14.6 Å². The maximum Gasteiger partial charge on any atom is 0.339 e. The lowest BCUT2D eigenvalue weighted by Crippen LogP contribution is -2.46. The molecule has 3 rings (SSSR count). The van der Waals surface area contributed by atoms with E-state index in [1.165, 1.54) is 0 Å². The Kier molecular flexibility index (Phi) is 7.03. The van der Waals surface area contributed by atoms with Gasteiger partial charge in [-0.05, 0) is 50.2 Å². The van der Waals surface area contributed by atoms with E-state index in [1.807, 2.05) is 31.2 Å². The Morgan fingerprint density at radius 2 is 2.03 bits per heavy atom. The quantitative estimate of drug-likeness (QED) is 0.683. The molecular weight excluding hydrogens is 382 g/mol. The molecular formula is C23H29N3O4. The van der Waals surface area contributed by atoms with E-state index in [1.54, 1.807) is 6.92 Å². The van der Waals surface area contributed by atoms with Crippen molar-refractivity contribution in [3.05, 3.63) is 41.1 Å². The van der Waals surface area contributed by atoms with Crippen LogP contribution in [-0.2, 0) is 27.2 Å². The smallest absolute Gasteiger partial charge is 0.339 e. The van der Waals surface area contributed by atoms with Crippen LogP contribution in [0.1, 0.15) is 55.2 Å². The van der Waals surface area contributed by atoms with Gasteiger partial charge in [0.2, 0.25) is 5.91 Å². The number of amides is 2. The molecule has 1 aliphatic carbocycles. The van der Waals surface area contributed by atoms with Gasteiger partial charge in [-0.25, -0.2) is 4.79 Å². The summed E-state index contributed by atoms with van der Waals surface area (Å²) in [6, 6.07) is 6.80. The van der Waals surface area contributed by atoms with Crippen LogP contribution in [0.4, 0.5) is 0 Å². The summed E-state index contributed by atoms with van der Waals surface area (Å²) in [5.74, 6) is -0.849. The third-order valence-corrected chi connectivity index (χ3v) is 5.36. The Labute approximate surface area is 176 Å². The number of nitrogens with one attached hydrogen (secondary N) is 2. The monoisotopic (exact) mass is 411 g/mol. The Morgan fingerprint density at radius 1 is 1.27 bits per heavy atom. The molecule has 2 amide bonds. The summed E-state index contributed by atoms with van der Waals surface area (Å²) in [6.07, 6.45) is 3.44. The highest BCUT2D eigenvalue weighted by Crippen LogP contribution is 2.31. The number of pyridine rings is 1. The fraction of sp³-hybridized carbons (Fsp3) is 0.478. The molecule has 160 valence electrons. The summed E-state index contributed by atoms with van der Waals surface area (Å²) in [7, 11) is 0. The van der Waals surface area contributed by atoms with Gasteiger partial charge in [0, 0.05) is 17.6 Å². The van der Waals surface area contributed by atoms with E-state index in [2.05, 4.69) is 17.6 Å². The first-order valence-corrected chi connectivity index (χ1v) is 10.5. The minimum Gasteiger partial charge on any atom is -0.452 e. The zero-order valence-corrected chi connectivity index (χ0v) is 17.8. The largest absolute Gasteiger partial charge is 0.452 e. The molecule has 7 heteroatoms. The van der Waals surface area contributed by atoms with Crippen molar-refractivity contribution in [2.24, 2.45) is 5.92 Å². The summed E-state index contributed by atoms with van der Waals surface area (Å²) in [6.45, 7) is 5.81. The molecule has 0 aliphatic heterocycles. The molecule has 1 aromatic heterocycles. The molecule has 0 saturated heterocycles. The number of carbonyl (C=O) groups excluding carboxylic acids is 3. The van der Waals surface area contributed by atoms with Crippen molar-refractivity contribution in [1.82, 2.24) is 15.6 Å². The molecule has 30 heavy (non-hydrogen) atoms. The number of esters is 1. The number of rotatable bonds is 7. The predicted octanol–water partition coefficient (Wildman–Crippen LogP) is 2.55. The van der Waals surface area contributed by atoms with E-state index in [9.17, 15) is 14.4 Å². The Balaban J connectivity index is 1.73. The average Bonchev–Trinajstić information content (AvgIpc) is 2.74. The number of para-hydroxylation sites is 1. The van der Waals surface area contributed by atoms with Crippen LogP contribution in [0.5, 0.6) is 0 Å². The van der Waals surface area contributed by atoms with Crippen molar-refractivity contribution >= 4 is 28.7 Å². The Bertz CT molecular complexity index is 957. The molecule has 2 atom stereocenters. The summed E-state index contributed by atoms with van der Waals surface area (Å²) < 4.78 is 5.35. The highest BCUT2D eigenvalue weighted by atomic mass is 16.5. The molecule has 1 heterocycles. The van der Waals surface area contributed by atoms with Crippen LogP contribution < -0.4 is 10.6 Å². The maximum absolute atomic E-state index is 13.0. The van der Waals surface area contributed by atoms with E-state index in [-0.39, 0.29) is 5.91 Å². The molecule has 0 fully saturated rings. The predicted molar refractivity (Wildman–Crippen MR) is 114 cm³/mol. The first-order valence-electron chi connectivity index (χ1n) is 10.5. The second-order valence-corrected chi connectivity index (χ2v) is 7.93. The number of aryl methyl sites for hydroxylation is 1. The third kappa shape index (κ3) is 4.96. The second kappa shape index (κ2) is 9.69. The molecule has 0 bridgehead atoms. The number of benzene rings is 1. The molecule has 7 nitrogen and oxygen atoms in total. The van der Waals surface area contributed by atoms with Gasteiger partial charge in [0.05, 0.1) is 11.1 Å². The van der Waals surface area contributed by atoms with Gasteiger partial charge >= 0.3 is 5.97 Å². The maximum atomic E-state index is 13.0. The lowest BCUT2D eigenvalue weighted by molar-refractivity contribution is -0.130. The van der Waals surface area contributed by atoms with Crippen molar-refractivity contribution in [2.45, 2.75) is 52.5 Å². The molecule has 2 aromatic rings. The Morgan fingerprint density at radius 3 is 2.80 bits per heavy atom. The molecule has 1 aromatic carbocycles. The summed E-state index contributed by atoms with van der Waals surface area (Å²) >= 11 is 0. The van der Waals surface area contributed by atoms with Crippen LogP contribution >= 0.6 is 0 Å². The Hall–Kier alpha value is -2.96. The van der Waals surface area contributed by atoms with E-state index in [0.29, 0.717) is 18.0 Å². The van der Waals surface area contributed by atoms with E-state index >= 15 is 0 Å². The molecule has 2 N–H and O–H groups in total. The van der Waals surface area contributed by atoms with Crippen LogP contribution in [0.15, 0.2) is 24.3 Å². The number of hydrogen-bond donors (Lipinski definition) is 2. The minimum absolute atomic E-state index is 0.264. The second-order valence-electron chi connectivity index (χ2n) is 7.93. The minimum atomic E-state index is -0.696. The van der Waals surface area contributed by atoms with Gasteiger partial charge in [0.1, 0.15) is 6.04 Å². The standard InChI is InChI=1S/C23H29N3O4/c1-4-11-24-22(28)15(3)25-20(27)13-30-23(29)21-16-7-5-6-8-18(16)26-19-10-9-14(2)12-17(19)21/h5-8,14-15H,4,9-13H2,1-3H3,(H,24,28)(H,25,27)/t14-,15+/m1/s1. The average molecular weight is 412 g/mol. The molecule has 0 unspecified atom stereocenters. The summed E-state index contributed by atoms with van der Waals surface area (Å²) in [5.41, 5.74) is 3.11. The van der Waals surface area contributed by atoms with E-state index in [0.717, 1.165) is 47.8 Å². The van der Waals surface area contributed by atoms with Gasteiger partial charge in [-0.2, -0.15) is 0 Å². The highest BCUT2D eigenvalue weighted by molar-refractivity contribution is 6.05. The first-order chi connectivity index (χ1) is 14.4. The van der Waals surface area contributed by atoms with Gasteiger partial charge in [0.15, 0.2) is 6.61 Å². The van der Waals surface area contributed by atoms with Crippen molar-refractivity contribution in [3.63, 3.8) is 0 Å². The van der Waals surface area contributed by atoms with Crippen LogP contribution in [0.3, 0.4) is 0 Å². The fourth-order valence-electron chi connectivity index (χ4n) is 3.75. The molecule has 0 radical (unpaired) electrons. The number of ether oxygens (including phenoxy) is 1. The zero-order chi connectivity index (χ0) is 21.7. The topological polar surface area (TPSA) is 97.4 Å². The summed E-state index contributed by atoms with van der Waals surface area (Å²) in [5, 5.41) is 6.02. The molecule has 0 spiro atoms. The van der Waals surface area contributed by atoms with Crippen LogP contribution in [0.2, 0.25) is 0 Å². The number of carbonyl (C=O) groups is 3. The van der Waals surface area contributed by atoms with Gasteiger partial charge < -0.3 is 15.4 Å². The molecule has 1 aliphatic rings. The first kappa shape index (κ1) is 21.7. The van der Waals surface area contributed by atoms with Gasteiger partial charge in [-0.1, -0.05) is 32.0 Å². The van der Waals surface area contributed by atoms with Gasteiger partial charge in [0.25, 0.3) is 5.91 Å². The lowest BCUT2D eigenvalue weighted by atomic mass is 9.84. The van der Waals surface area contributed by atoms with Crippen LogP contribution in [-0.4, -0.2) is 42.0 Å². The lowest BCUT2D eigenvalue weighted by Gasteiger charge is -2.24. The van der Waals surface area contributed by atoms with Crippen molar-refractivity contribution < 1.29 is 19.1 Å². The van der Waals surface area contributed by atoms with Gasteiger partial charge in [-0.15, -0.1) is 0 Å².